The van der Waals surface area contributed by atoms with E-state index >= 15 is 0 Å². The summed E-state index contributed by atoms with van der Waals surface area (Å²) in [6.07, 6.45) is 4.54. The van der Waals surface area contributed by atoms with Crippen LogP contribution in [0, 0.1) is 13.8 Å². The summed E-state index contributed by atoms with van der Waals surface area (Å²) in [7, 11) is 0. The first-order chi connectivity index (χ1) is 12.6. The van der Waals surface area contributed by atoms with Crippen LogP contribution in [0.2, 0.25) is 0 Å². The minimum atomic E-state index is -0.147. The van der Waals surface area contributed by atoms with Crippen LogP contribution in [0.3, 0.4) is 0 Å². The molecule has 3 aromatic rings. The SMILES string of the molecule is Cc1ccc(-c2cc(C(=O)Nc3cccc4c3CCCC4)[nH]n2)cc1C. The van der Waals surface area contributed by atoms with Gasteiger partial charge in [0.25, 0.3) is 5.91 Å². The fraction of sp³-hybridized carbons (Fsp3) is 0.273. The second kappa shape index (κ2) is 6.79. The fourth-order valence-corrected chi connectivity index (χ4v) is 3.57. The zero-order valence-corrected chi connectivity index (χ0v) is 15.2. The standard InChI is InChI=1S/C22H23N3O/c1-14-10-11-17(12-15(14)2)20-13-21(25-24-20)22(26)23-19-9-5-7-16-6-3-4-8-18(16)19/h5,7,9-13H,3-4,6,8H2,1-2H3,(H,23,26)(H,24,25). The van der Waals surface area contributed by atoms with Gasteiger partial charge in [0.15, 0.2) is 0 Å². The van der Waals surface area contributed by atoms with Crippen molar-refractivity contribution < 1.29 is 4.79 Å². The van der Waals surface area contributed by atoms with Gasteiger partial charge in [-0.3, -0.25) is 9.89 Å². The fourth-order valence-electron chi connectivity index (χ4n) is 3.57. The van der Waals surface area contributed by atoms with E-state index in [0.717, 1.165) is 29.8 Å². The number of aromatic nitrogens is 2. The number of nitrogens with one attached hydrogen (secondary N) is 2. The molecule has 1 heterocycles. The number of aromatic amines is 1. The maximum absolute atomic E-state index is 12.7. The summed E-state index contributed by atoms with van der Waals surface area (Å²) < 4.78 is 0. The number of aryl methyl sites for hydroxylation is 3. The highest BCUT2D eigenvalue weighted by molar-refractivity contribution is 6.04. The molecule has 4 rings (SSSR count). The molecular weight excluding hydrogens is 322 g/mol. The lowest BCUT2D eigenvalue weighted by atomic mass is 9.90. The molecule has 4 nitrogen and oxygen atoms in total. The van der Waals surface area contributed by atoms with E-state index in [1.807, 2.05) is 24.3 Å². The summed E-state index contributed by atoms with van der Waals surface area (Å²) >= 11 is 0. The number of hydrogen-bond acceptors (Lipinski definition) is 2. The number of carbonyl (C=O) groups is 1. The molecule has 1 aromatic heterocycles. The smallest absolute Gasteiger partial charge is 0.273 e. The highest BCUT2D eigenvalue weighted by atomic mass is 16.1. The molecule has 1 amide bonds. The molecule has 0 aliphatic heterocycles. The van der Waals surface area contributed by atoms with Crippen LogP contribution in [0.5, 0.6) is 0 Å². The van der Waals surface area contributed by atoms with Crippen LogP contribution in [0.25, 0.3) is 11.3 Å². The molecule has 2 N–H and O–H groups in total. The van der Waals surface area contributed by atoms with Gasteiger partial charge in [0.2, 0.25) is 0 Å². The minimum Gasteiger partial charge on any atom is -0.320 e. The van der Waals surface area contributed by atoms with Crippen LogP contribution >= 0.6 is 0 Å². The number of carbonyl (C=O) groups excluding carboxylic acids is 1. The van der Waals surface area contributed by atoms with Crippen molar-refractivity contribution in [1.29, 1.82) is 0 Å². The van der Waals surface area contributed by atoms with Gasteiger partial charge in [-0.1, -0.05) is 24.3 Å². The molecule has 0 bridgehead atoms. The maximum Gasteiger partial charge on any atom is 0.273 e. The average molecular weight is 345 g/mol. The van der Waals surface area contributed by atoms with Crippen molar-refractivity contribution in [1.82, 2.24) is 10.2 Å². The molecular formula is C22H23N3O. The lowest BCUT2D eigenvalue weighted by molar-refractivity contribution is 0.102. The Morgan fingerprint density at radius 2 is 1.88 bits per heavy atom. The molecule has 0 radical (unpaired) electrons. The third-order valence-electron chi connectivity index (χ3n) is 5.27. The molecule has 0 atom stereocenters. The van der Waals surface area contributed by atoms with Gasteiger partial charge in [0, 0.05) is 11.3 Å². The largest absolute Gasteiger partial charge is 0.320 e. The number of rotatable bonds is 3. The number of benzene rings is 2. The maximum atomic E-state index is 12.7. The Kier molecular flexibility index (Phi) is 4.33. The molecule has 2 aromatic carbocycles. The van der Waals surface area contributed by atoms with Gasteiger partial charge < -0.3 is 5.32 Å². The molecule has 0 saturated heterocycles. The predicted molar refractivity (Wildman–Crippen MR) is 105 cm³/mol. The third-order valence-corrected chi connectivity index (χ3v) is 5.27. The van der Waals surface area contributed by atoms with Gasteiger partial charge in [0.1, 0.15) is 5.69 Å². The second-order valence-electron chi connectivity index (χ2n) is 7.07. The topological polar surface area (TPSA) is 57.8 Å². The second-order valence-corrected chi connectivity index (χ2v) is 7.07. The van der Waals surface area contributed by atoms with Crippen LogP contribution < -0.4 is 5.32 Å². The number of amides is 1. The monoisotopic (exact) mass is 345 g/mol. The van der Waals surface area contributed by atoms with Crippen LogP contribution in [0.1, 0.15) is 45.6 Å². The first-order valence-electron chi connectivity index (χ1n) is 9.17. The number of H-pyrrole nitrogens is 1. The Morgan fingerprint density at radius 1 is 1.04 bits per heavy atom. The van der Waals surface area contributed by atoms with E-state index in [1.54, 1.807) is 0 Å². The zero-order chi connectivity index (χ0) is 18.1. The lowest BCUT2D eigenvalue weighted by Gasteiger charge is -2.19. The molecule has 0 spiro atoms. The van der Waals surface area contributed by atoms with Crippen LogP contribution in [-0.2, 0) is 12.8 Å². The minimum absolute atomic E-state index is 0.147. The van der Waals surface area contributed by atoms with E-state index in [9.17, 15) is 4.79 Å². The summed E-state index contributed by atoms with van der Waals surface area (Å²) in [5.74, 6) is -0.147. The van der Waals surface area contributed by atoms with Crippen molar-refractivity contribution in [3.8, 4) is 11.3 Å². The lowest BCUT2D eigenvalue weighted by Crippen LogP contribution is -2.15. The van der Waals surface area contributed by atoms with E-state index in [2.05, 4.69) is 47.6 Å². The Hall–Kier alpha value is -2.88. The number of nitrogens with zero attached hydrogens (tertiary/aromatic N) is 1. The first-order valence-corrected chi connectivity index (χ1v) is 9.17. The van der Waals surface area contributed by atoms with Gasteiger partial charge in [-0.25, -0.2) is 0 Å². The van der Waals surface area contributed by atoms with E-state index < -0.39 is 0 Å². The predicted octanol–water partition coefficient (Wildman–Crippen LogP) is 4.82. The van der Waals surface area contributed by atoms with Crippen molar-refractivity contribution in [2.75, 3.05) is 5.32 Å². The Bertz CT molecular complexity index is 971. The molecule has 4 heteroatoms. The summed E-state index contributed by atoms with van der Waals surface area (Å²) in [6.45, 7) is 4.17. The molecule has 26 heavy (non-hydrogen) atoms. The van der Waals surface area contributed by atoms with Crippen molar-refractivity contribution in [2.24, 2.45) is 0 Å². The first kappa shape index (κ1) is 16.6. The van der Waals surface area contributed by atoms with Crippen molar-refractivity contribution in [2.45, 2.75) is 39.5 Å². The Morgan fingerprint density at radius 3 is 2.73 bits per heavy atom. The summed E-state index contributed by atoms with van der Waals surface area (Å²) in [5.41, 5.74) is 8.30. The molecule has 0 fully saturated rings. The van der Waals surface area contributed by atoms with E-state index in [0.29, 0.717) is 5.69 Å². The van der Waals surface area contributed by atoms with Crippen LogP contribution in [0.4, 0.5) is 5.69 Å². The highest BCUT2D eigenvalue weighted by Crippen LogP contribution is 2.28. The average Bonchev–Trinajstić information content (AvgIpc) is 3.15. The van der Waals surface area contributed by atoms with Crippen molar-refractivity contribution in [3.63, 3.8) is 0 Å². The molecule has 0 saturated carbocycles. The molecule has 1 aliphatic carbocycles. The summed E-state index contributed by atoms with van der Waals surface area (Å²) in [6, 6.07) is 14.2. The number of hydrogen-bond donors (Lipinski definition) is 2. The normalized spacial score (nSPS) is 13.3. The third kappa shape index (κ3) is 3.15. The van der Waals surface area contributed by atoms with Gasteiger partial charge in [-0.05, 0) is 80.0 Å². The van der Waals surface area contributed by atoms with Gasteiger partial charge >= 0.3 is 0 Å². The van der Waals surface area contributed by atoms with E-state index in [4.69, 9.17) is 0 Å². The van der Waals surface area contributed by atoms with Gasteiger partial charge in [-0.2, -0.15) is 5.10 Å². The van der Waals surface area contributed by atoms with E-state index in [-0.39, 0.29) is 5.91 Å². The van der Waals surface area contributed by atoms with Crippen LogP contribution in [-0.4, -0.2) is 16.1 Å². The summed E-state index contributed by atoms with van der Waals surface area (Å²) in [4.78, 5) is 12.7. The Balaban J connectivity index is 1.56. The molecule has 132 valence electrons. The van der Waals surface area contributed by atoms with Crippen molar-refractivity contribution >= 4 is 11.6 Å². The Labute approximate surface area is 153 Å². The summed E-state index contributed by atoms with van der Waals surface area (Å²) in [5, 5.41) is 10.3. The molecule has 0 unspecified atom stereocenters. The van der Waals surface area contributed by atoms with E-state index in [1.165, 1.54) is 35.1 Å². The molecule has 1 aliphatic rings. The van der Waals surface area contributed by atoms with Gasteiger partial charge in [0.05, 0.1) is 5.69 Å². The van der Waals surface area contributed by atoms with Crippen LogP contribution in [0.15, 0.2) is 42.5 Å². The number of fused-ring (bicyclic) bond motifs is 1. The zero-order valence-electron chi connectivity index (χ0n) is 15.2. The van der Waals surface area contributed by atoms with Gasteiger partial charge in [-0.15, -0.1) is 0 Å². The highest BCUT2D eigenvalue weighted by Gasteiger charge is 2.17. The quantitative estimate of drug-likeness (QED) is 0.715. The number of anilines is 1. The van der Waals surface area contributed by atoms with Crippen molar-refractivity contribution in [3.05, 3.63) is 70.4 Å².